The van der Waals surface area contributed by atoms with E-state index in [1.165, 1.54) is 12.8 Å². The van der Waals surface area contributed by atoms with E-state index < -0.39 is 0 Å². The Labute approximate surface area is 99.8 Å². The molecule has 0 radical (unpaired) electrons. The molecule has 1 N–H and O–H groups in total. The van der Waals surface area contributed by atoms with Crippen LogP contribution in [-0.2, 0) is 7.05 Å². The second-order valence-corrected chi connectivity index (χ2v) is 4.46. The number of nitrogens with one attached hydrogen (secondary N) is 1. The monoisotopic (exact) mass is 232 g/mol. The Morgan fingerprint density at radius 1 is 1.47 bits per heavy atom. The fraction of sp³-hybridized carbons (Fsp3) is 0.500. The molecule has 3 rings (SSSR count). The van der Waals surface area contributed by atoms with Gasteiger partial charge in [-0.1, -0.05) is 11.6 Å². The summed E-state index contributed by atoms with van der Waals surface area (Å²) in [6.07, 6.45) is 5.52. The molecular formula is C12H16N4O. The molecule has 1 fully saturated rings. The smallest absolute Gasteiger partial charge is 0.274 e. The van der Waals surface area contributed by atoms with Gasteiger partial charge >= 0.3 is 0 Å². The summed E-state index contributed by atoms with van der Waals surface area (Å²) in [5.74, 6) is 1.38. The van der Waals surface area contributed by atoms with Crippen LogP contribution < -0.4 is 5.32 Å². The average Bonchev–Trinajstić information content (AvgIpc) is 2.98. The van der Waals surface area contributed by atoms with Crippen molar-refractivity contribution in [3.8, 4) is 11.6 Å². The molecule has 1 atom stereocenters. The number of hydrogen-bond donors (Lipinski definition) is 1. The van der Waals surface area contributed by atoms with E-state index in [9.17, 15) is 0 Å². The molecule has 0 saturated carbocycles. The third-order valence-corrected chi connectivity index (χ3v) is 3.23. The maximum atomic E-state index is 5.32. The van der Waals surface area contributed by atoms with Crippen molar-refractivity contribution in [1.82, 2.24) is 20.0 Å². The molecule has 0 aliphatic carbocycles. The highest BCUT2D eigenvalue weighted by atomic mass is 16.5. The standard InChI is InChI=1S/C12H16N4O/c1-16-8-4-6-10(16)12-14-11(15-17-12)9-5-2-3-7-13-9/h4,6,8-9,13H,2-3,5,7H2,1H3. The largest absolute Gasteiger partial charge is 0.347 e. The van der Waals surface area contributed by atoms with Crippen LogP contribution >= 0.6 is 0 Å². The van der Waals surface area contributed by atoms with Crippen LogP contribution in [0.2, 0.25) is 0 Å². The fourth-order valence-corrected chi connectivity index (χ4v) is 2.24. The molecule has 0 aromatic carbocycles. The van der Waals surface area contributed by atoms with Gasteiger partial charge in [-0.25, -0.2) is 0 Å². The lowest BCUT2D eigenvalue weighted by Gasteiger charge is -2.19. The van der Waals surface area contributed by atoms with Crippen LogP contribution in [0.25, 0.3) is 11.6 Å². The minimum Gasteiger partial charge on any atom is -0.347 e. The van der Waals surface area contributed by atoms with Gasteiger partial charge in [-0.05, 0) is 31.5 Å². The minimum absolute atomic E-state index is 0.251. The first-order chi connectivity index (χ1) is 8.34. The van der Waals surface area contributed by atoms with Gasteiger partial charge < -0.3 is 14.4 Å². The first kappa shape index (κ1) is 10.5. The van der Waals surface area contributed by atoms with Crippen molar-refractivity contribution in [1.29, 1.82) is 0 Å². The molecule has 3 heterocycles. The van der Waals surface area contributed by atoms with Crippen LogP contribution in [0, 0.1) is 0 Å². The lowest BCUT2D eigenvalue weighted by molar-refractivity contribution is 0.366. The number of aromatic nitrogens is 3. The molecule has 1 saturated heterocycles. The molecule has 1 aliphatic rings. The first-order valence-electron chi connectivity index (χ1n) is 6.03. The predicted octanol–water partition coefficient (Wildman–Crippen LogP) is 1.89. The number of nitrogens with zero attached hydrogens (tertiary/aromatic N) is 3. The molecule has 1 aliphatic heterocycles. The van der Waals surface area contributed by atoms with E-state index in [0.29, 0.717) is 5.89 Å². The van der Waals surface area contributed by atoms with E-state index >= 15 is 0 Å². The Bertz CT molecular complexity index is 496. The third-order valence-electron chi connectivity index (χ3n) is 3.23. The Morgan fingerprint density at radius 2 is 2.41 bits per heavy atom. The van der Waals surface area contributed by atoms with E-state index in [0.717, 1.165) is 24.5 Å². The van der Waals surface area contributed by atoms with Crippen molar-refractivity contribution in [2.45, 2.75) is 25.3 Å². The summed E-state index contributed by atoms with van der Waals surface area (Å²) in [5.41, 5.74) is 0.958. The fourth-order valence-electron chi connectivity index (χ4n) is 2.24. The Balaban J connectivity index is 1.85. The highest BCUT2D eigenvalue weighted by molar-refractivity contribution is 5.47. The molecule has 2 aromatic heterocycles. The Kier molecular flexibility index (Phi) is 2.68. The van der Waals surface area contributed by atoms with Gasteiger partial charge in [0.25, 0.3) is 5.89 Å². The van der Waals surface area contributed by atoms with Gasteiger partial charge in [0.05, 0.1) is 6.04 Å². The zero-order chi connectivity index (χ0) is 11.7. The van der Waals surface area contributed by atoms with Crippen LogP contribution in [0.4, 0.5) is 0 Å². The summed E-state index contributed by atoms with van der Waals surface area (Å²) in [5, 5.41) is 7.49. The second-order valence-electron chi connectivity index (χ2n) is 4.46. The second kappa shape index (κ2) is 4.33. The molecular weight excluding hydrogens is 216 g/mol. The van der Waals surface area contributed by atoms with Crippen molar-refractivity contribution in [2.24, 2.45) is 7.05 Å². The molecule has 17 heavy (non-hydrogen) atoms. The van der Waals surface area contributed by atoms with Crippen LogP contribution in [0.5, 0.6) is 0 Å². The molecule has 1 unspecified atom stereocenters. The molecule has 0 amide bonds. The van der Waals surface area contributed by atoms with Crippen LogP contribution in [0.3, 0.4) is 0 Å². The van der Waals surface area contributed by atoms with Gasteiger partial charge in [0.15, 0.2) is 5.82 Å². The first-order valence-corrected chi connectivity index (χ1v) is 6.03. The van der Waals surface area contributed by atoms with Crippen LogP contribution in [0.1, 0.15) is 31.1 Å². The maximum Gasteiger partial charge on any atom is 0.274 e. The summed E-state index contributed by atoms with van der Waals surface area (Å²) < 4.78 is 7.30. The summed E-state index contributed by atoms with van der Waals surface area (Å²) in [6.45, 7) is 1.04. The zero-order valence-corrected chi connectivity index (χ0v) is 9.89. The van der Waals surface area contributed by atoms with Crippen molar-refractivity contribution < 1.29 is 4.52 Å². The van der Waals surface area contributed by atoms with Crippen molar-refractivity contribution in [3.63, 3.8) is 0 Å². The SMILES string of the molecule is Cn1cccc1-c1nc(C2CCCCN2)no1. The normalized spacial score (nSPS) is 20.6. The van der Waals surface area contributed by atoms with Crippen LogP contribution in [-0.4, -0.2) is 21.3 Å². The number of rotatable bonds is 2. The van der Waals surface area contributed by atoms with E-state index in [1.54, 1.807) is 0 Å². The van der Waals surface area contributed by atoms with Crippen molar-refractivity contribution in [3.05, 3.63) is 24.2 Å². The van der Waals surface area contributed by atoms with E-state index in [4.69, 9.17) is 4.52 Å². The Hall–Kier alpha value is -1.62. The third kappa shape index (κ3) is 1.98. The van der Waals surface area contributed by atoms with Gasteiger partial charge in [0.1, 0.15) is 5.69 Å². The number of piperidine rings is 1. The summed E-state index contributed by atoms with van der Waals surface area (Å²) in [6, 6.07) is 4.20. The molecule has 5 heteroatoms. The molecule has 0 spiro atoms. The number of hydrogen-bond acceptors (Lipinski definition) is 4. The van der Waals surface area contributed by atoms with Gasteiger partial charge in [-0.15, -0.1) is 0 Å². The van der Waals surface area contributed by atoms with Crippen molar-refractivity contribution in [2.75, 3.05) is 6.54 Å². The van der Waals surface area contributed by atoms with Gasteiger partial charge in [-0.3, -0.25) is 0 Å². The van der Waals surface area contributed by atoms with Gasteiger partial charge in [0, 0.05) is 13.2 Å². The zero-order valence-electron chi connectivity index (χ0n) is 9.89. The van der Waals surface area contributed by atoms with E-state index in [1.807, 2.05) is 29.9 Å². The van der Waals surface area contributed by atoms with Crippen molar-refractivity contribution >= 4 is 0 Å². The lowest BCUT2D eigenvalue weighted by Crippen LogP contribution is -2.27. The highest BCUT2D eigenvalue weighted by Gasteiger charge is 2.21. The minimum atomic E-state index is 0.251. The van der Waals surface area contributed by atoms with Gasteiger partial charge in [-0.2, -0.15) is 4.98 Å². The molecule has 5 nitrogen and oxygen atoms in total. The van der Waals surface area contributed by atoms with E-state index in [2.05, 4.69) is 15.5 Å². The molecule has 90 valence electrons. The summed E-state index contributed by atoms with van der Waals surface area (Å²) >= 11 is 0. The Morgan fingerprint density at radius 3 is 3.12 bits per heavy atom. The average molecular weight is 232 g/mol. The topological polar surface area (TPSA) is 55.9 Å². The molecule has 0 bridgehead atoms. The summed E-state index contributed by atoms with van der Waals surface area (Å²) in [4.78, 5) is 4.48. The molecule has 2 aromatic rings. The van der Waals surface area contributed by atoms with Crippen LogP contribution in [0.15, 0.2) is 22.9 Å². The quantitative estimate of drug-likeness (QED) is 0.859. The predicted molar refractivity (Wildman–Crippen MR) is 63.3 cm³/mol. The van der Waals surface area contributed by atoms with Gasteiger partial charge in [0.2, 0.25) is 0 Å². The summed E-state index contributed by atoms with van der Waals surface area (Å²) in [7, 11) is 1.97. The maximum absolute atomic E-state index is 5.32. The highest BCUT2D eigenvalue weighted by Crippen LogP contribution is 2.23. The number of aryl methyl sites for hydroxylation is 1. The van der Waals surface area contributed by atoms with E-state index in [-0.39, 0.29) is 6.04 Å². The lowest BCUT2D eigenvalue weighted by atomic mass is 10.0.